The summed E-state index contributed by atoms with van der Waals surface area (Å²) >= 11 is 0. The van der Waals surface area contributed by atoms with Gasteiger partial charge in [-0.2, -0.15) is 0 Å². The van der Waals surface area contributed by atoms with E-state index in [0.717, 1.165) is 0 Å². The first-order valence-corrected chi connectivity index (χ1v) is 6.13. The molecule has 1 fully saturated rings. The Kier molecular flexibility index (Phi) is 4.11. The van der Waals surface area contributed by atoms with Crippen molar-refractivity contribution in [1.29, 1.82) is 0 Å². The van der Waals surface area contributed by atoms with Gasteiger partial charge in [-0.3, -0.25) is 9.59 Å². The molecule has 1 saturated heterocycles. The van der Waals surface area contributed by atoms with E-state index in [-0.39, 0.29) is 11.5 Å². The van der Waals surface area contributed by atoms with Gasteiger partial charge in [0.05, 0.1) is 5.56 Å². The van der Waals surface area contributed by atoms with Crippen molar-refractivity contribution in [1.82, 2.24) is 15.5 Å². The first-order valence-electron chi connectivity index (χ1n) is 6.13. The van der Waals surface area contributed by atoms with Crippen LogP contribution in [0.3, 0.4) is 0 Å². The third-order valence-corrected chi connectivity index (χ3v) is 3.16. The smallest absolute Gasteiger partial charge is 0.257 e. The van der Waals surface area contributed by atoms with Crippen molar-refractivity contribution in [2.45, 2.75) is 6.04 Å². The Hall–Kier alpha value is -1.95. The van der Waals surface area contributed by atoms with E-state index in [1.807, 2.05) is 0 Å². The highest BCUT2D eigenvalue weighted by Gasteiger charge is 2.32. The second-order valence-electron chi connectivity index (χ2n) is 4.31. The number of hydrogen-bond acceptors (Lipinski definition) is 3. The summed E-state index contributed by atoms with van der Waals surface area (Å²) in [4.78, 5) is 25.5. The van der Waals surface area contributed by atoms with E-state index >= 15 is 0 Å². The Labute approximate surface area is 110 Å². The van der Waals surface area contributed by atoms with Gasteiger partial charge >= 0.3 is 0 Å². The van der Waals surface area contributed by atoms with Crippen LogP contribution in [-0.4, -0.2) is 49.4 Å². The predicted octanol–water partition coefficient (Wildman–Crippen LogP) is -0.0143. The zero-order valence-electron chi connectivity index (χ0n) is 10.6. The Balaban J connectivity index is 2.25. The zero-order chi connectivity index (χ0) is 13.8. The average Bonchev–Trinajstić information content (AvgIpc) is 2.46. The quantitative estimate of drug-likeness (QED) is 0.790. The van der Waals surface area contributed by atoms with Crippen LogP contribution in [0.2, 0.25) is 0 Å². The summed E-state index contributed by atoms with van der Waals surface area (Å²) in [7, 11) is 1.52. The molecule has 2 amide bonds. The number of rotatable bonds is 2. The summed E-state index contributed by atoms with van der Waals surface area (Å²) < 4.78 is 13.6. The van der Waals surface area contributed by atoms with E-state index in [0.29, 0.717) is 19.6 Å². The molecule has 5 nitrogen and oxygen atoms in total. The van der Waals surface area contributed by atoms with Crippen LogP contribution in [-0.2, 0) is 4.79 Å². The van der Waals surface area contributed by atoms with Gasteiger partial charge in [0.25, 0.3) is 5.91 Å². The number of piperazine rings is 1. The minimum absolute atomic E-state index is 0.00157. The number of nitrogens with zero attached hydrogens (tertiary/aromatic N) is 1. The van der Waals surface area contributed by atoms with Crippen LogP contribution in [0.25, 0.3) is 0 Å². The topological polar surface area (TPSA) is 61.4 Å². The normalized spacial score (nSPS) is 19.1. The van der Waals surface area contributed by atoms with Crippen LogP contribution >= 0.6 is 0 Å². The number of nitrogens with one attached hydrogen (secondary N) is 2. The van der Waals surface area contributed by atoms with Crippen molar-refractivity contribution in [3.05, 3.63) is 35.6 Å². The zero-order valence-corrected chi connectivity index (χ0v) is 10.6. The average molecular weight is 265 g/mol. The Morgan fingerprint density at radius 3 is 2.84 bits per heavy atom. The lowest BCUT2D eigenvalue weighted by Gasteiger charge is -2.35. The van der Waals surface area contributed by atoms with E-state index < -0.39 is 17.8 Å². The summed E-state index contributed by atoms with van der Waals surface area (Å²) in [6, 6.07) is 5.20. The van der Waals surface area contributed by atoms with Crippen molar-refractivity contribution in [2.75, 3.05) is 26.7 Å². The molecular weight excluding hydrogens is 249 g/mol. The fraction of sp³-hybridized carbons (Fsp3) is 0.385. The number of benzene rings is 1. The molecule has 1 aromatic rings. The molecule has 0 radical (unpaired) electrons. The summed E-state index contributed by atoms with van der Waals surface area (Å²) in [5.41, 5.74) is -0.00157. The van der Waals surface area contributed by atoms with E-state index in [2.05, 4.69) is 10.6 Å². The van der Waals surface area contributed by atoms with Gasteiger partial charge in [0, 0.05) is 26.7 Å². The highest BCUT2D eigenvalue weighted by Crippen LogP contribution is 2.13. The molecule has 6 heteroatoms. The lowest BCUT2D eigenvalue weighted by Crippen LogP contribution is -2.59. The molecule has 1 aromatic carbocycles. The second-order valence-corrected chi connectivity index (χ2v) is 4.31. The summed E-state index contributed by atoms with van der Waals surface area (Å²) in [5, 5.41) is 5.57. The van der Waals surface area contributed by atoms with Crippen LogP contribution in [0.4, 0.5) is 4.39 Å². The van der Waals surface area contributed by atoms with Crippen molar-refractivity contribution in [3.8, 4) is 0 Å². The number of amides is 2. The van der Waals surface area contributed by atoms with Crippen LogP contribution in [0.15, 0.2) is 24.3 Å². The molecule has 1 aliphatic rings. The minimum atomic E-state index is -0.606. The molecule has 102 valence electrons. The van der Waals surface area contributed by atoms with E-state index in [4.69, 9.17) is 0 Å². The lowest BCUT2D eigenvalue weighted by molar-refractivity contribution is -0.125. The van der Waals surface area contributed by atoms with Gasteiger partial charge in [0.2, 0.25) is 5.91 Å². The fourth-order valence-electron chi connectivity index (χ4n) is 2.14. The Bertz CT molecular complexity index is 493. The van der Waals surface area contributed by atoms with Gasteiger partial charge in [-0.1, -0.05) is 12.1 Å². The summed E-state index contributed by atoms with van der Waals surface area (Å²) in [5.74, 6) is -1.27. The van der Waals surface area contributed by atoms with Crippen LogP contribution in [0.1, 0.15) is 10.4 Å². The third-order valence-electron chi connectivity index (χ3n) is 3.16. The molecule has 0 aliphatic carbocycles. The summed E-state index contributed by atoms with van der Waals surface area (Å²) in [6.45, 7) is 1.35. The first kappa shape index (κ1) is 13.5. The second kappa shape index (κ2) is 5.79. The highest BCUT2D eigenvalue weighted by atomic mass is 19.1. The summed E-state index contributed by atoms with van der Waals surface area (Å²) in [6.07, 6.45) is 0. The van der Waals surface area contributed by atoms with Crippen molar-refractivity contribution in [3.63, 3.8) is 0 Å². The molecule has 1 heterocycles. The minimum Gasteiger partial charge on any atom is -0.357 e. The van der Waals surface area contributed by atoms with E-state index in [1.165, 1.54) is 30.1 Å². The number of carbonyl (C=O) groups excluding carboxylic acids is 2. The number of hydrogen-bond donors (Lipinski definition) is 2. The molecule has 0 bridgehead atoms. The molecule has 0 aromatic heterocycles. The SMILES string of the molecule is CNC(=O)C1CNCCN1C(=O)c1ccccc1F. The molecule has 2 N–H and O–H groups in total. The maximum Gasteiger partial charge on any atom is 0.257 e. The third kappa shape index (κ3) is 2.73. The van der Waals surface area contributed by atoms with Gasteiger partial charge in [-0.25, -0.2) is 4.39 Å². The molecular formula is C13H16FN3O2. The van der Waals surface area contributed by atoms with Crippen LogP contribution in [0, 0.1) is 5.82 Å². The maximum absolute atomic E-state index is 13.6. The maximum atomic E-state index is 13.6. The van der Waals surface area contributed by atoms with Crippen LogP contribution in [0.5, 0.6) is 0 Å². The van der Waals surface area contributed by atoms with Gasteiger partial charge in [0.1, 0.15) is 11.9 Å². The molecule has 0 saturated carbocycles. The first-order chi connectivity index (χ1) is 9.15. The standard InChI is InChI=1S/C13H16FN3O2/c1-15-12(18)11-8-16-6-7-17(11)13(19)9-4-2-3-5-10(9)14/h2-5,11,16H,6-8H2,1H3,(H,15,18). The number of halogens is 1. The van der Waals surface area contributed by atoms with Gasteiger partial charge < -0.3 is 15.5 Å². The number of likely N-dealkylation sites (N-methyl/N-ethyl adjacent to an activating group) is 1. The predicted molar refractivity (Wildman–Crippen MR) is 68.2 cm³/mol. The van der Waals surface area contributed by atoms with Crippen LogP contribution < -0.4 is 10.6 Å². The molecule has 0 spiro atoms. The van der Waals surface area contributed by atoms with Crippen molar-refractivity contribution < 1.29 is 14.0 Å². The van der Waals surface area contributed by atoms with Crippen molar-refractivity contribution >= 4 is 11.8 Å². The Morgan fingerprint density at radius 2 is 2.16 bits per heavy atom. The van der Waals surface area contributed by atoms with Gasteiger partial charge in [-0.05, 0) is 12.1 Å². The molecule has 1 aliphatic heterocycles. The largest absolute Gasteiger partial charge is 0.357 e. The van der Waals surface area contributed by atoms with E-state index in [1.54, 1.807) is 6.07 Å². The molecule has 2 rings (SSSR count). The molecule has 1 unspecified atom stereocenters. The molecule has 19 heavy (non-hydrogen) atoms. The fourth-order valence-corrected chi connectivity index (χ4v) is 2.14. The van der Waals surface area contributed by atoms with Gasteiger partial charge in [0.15, 0.2) is 0 Å². The molecule has 1 atom stereocenters. The Morgan fingerprint density at radius 1 is 1.42 bits per heavy atom. The monoisotopic (exact) mass is 265 g/mol. The number of carbonyl (C=O) groups is 2. The van der Waals surface area contributed by atoms with E-state index in [9.17, 15) is 14.0 Å². The van der Waals surface area contributed by atoms with Gasteiger partial charge in [-0.15, -0.1) is 0 Å². The highest BCUT2D eigenvalue weighted by molar-refractivity contribution is 5.98. The lowest BCUT2D eigenvalue weighted by atomic mass is 10.1. The van der Waals surface area contributed by atoms with Crippen molar-refractivity contribution in [2.24, 2.45) is 0 Å².